The molecule has 0 saturated carbocycles. The Hall–Kier alpha value is -3.22. The van der Waals surface area contributed by atoms with Gasteiger partial charge in [0.15, 0.2) is 0 Å². The first-order valence-corrected chi connectivity index (χ1v) is 9.27. The molecular formula is C18H12ClFN6OS. The Bertz CT molecular complexity index is 1260. The molecule has 140 valence electrons. The van der Waals surface area contributed by atoms with Gasteiger partial charge in [-0.25, -0.2) is 9.37 Å². The number of amides is 1. The van der Waals surface area contributed by atoms with Crippen LogP contribution in [0.4, 0.5) is 20.9 Å². The van der Waals surface area contributed by atoms with Gasteiger partial charge in [-0.15, -0.1) is 0 Å². The number of pyridine rings is 1. The van der Waals surface area contributed by atoms with Crippen molar-refractivity contribution in [1.29, 1.82) is 10.7 Å². The summed E-state index contributed by atoms with van der Waals surface area (Å²) in [4.78, 5) is 16.6. The Labute approximate surface area is 166 Å². The molecule has 1 aliphatic heterocycles. The average molecular weight is 415 g/mol. The lowest BCUT2D eigenvalue weighted by Crippen LogP contribution is -2.26. The largest absolute Gasteiger partial charge is 0.397 e. The molecule has 0 saturated heterocycles. The molecule has 3 heterocycles. The van der Waals surface area contributed by atoms with E-state index in [0.717, 1.165) is 11.3 Å². The van der Waals surface area contributed by atoms with Crippen LogP contribution in [-0.4, -0.2) is 10.9 Å². The molecule has 0 unspecified atom stereocenters. The van der Waals surface area contributed by atoms with Gasteiger partial charge in [0, 0.05) is 28.5 Å². The minimum Gasteiger partial charge on any atom is -0.397 e. The number of nitriles is 1. The van der Waals surface area contributed by atoms with E-state index in [1.54, 1.807) is 6.07 Å². The summed E-state index contributed by atoms with van der Waals surface area (Å²) in [5, 5.41) is 21.1. The second-order valence-corrected chi connectivity index (χ2v) is 7.66. The number of nitrogen functional groups attached to an aromatic ring is 2. The van der Waals surface area contributed by atoms with Gasteiger partial charge in [-0.1, -0.05) is 29.0 Å². The lowest BCUT2D eigenvalue weighted by Gasteiger charge is -2.27. The predicted molar refractivity (Wildman–Crippen MR) is 106 cm³/mol. The quantitative estimate of drug-likeness (QED) is 0.484. The number of benzene rings is 1. The van der Waals surface area contributed by atoms with E-state index < -0.39 is 11.7 Å². The second kappa shape index (κ2) is 6.44. The minimum absolute atomic E-state index is 0.0100. The van der Waals surface area contributed by atoms with Crippen LogP contribution in [0, 0.1) is 22.6 Å². The number of hydrogen-bond donors (Lipinski definition) is 4. The Morgan fingerprint density at radius 2 is 2.14 bits per heavy atom. The van der Waals surface area contributed by atoms with Crippen molar-refractivity contribution in [3.63, 3.8) is 0 Å². The highest BCUT2D eigenvalue weighted by molar-refractivity contribution is 7.14. The normalized spacial score (nSPS) is 15.8. The minimum atomic E-state index is -0.740. The van der Waals surface area contributed by atoms with Crippen LogP contribution in [0.15, 0.2) is 18.2 Å². The number of nitrogens with zero attached hydrogens (tertiary/aromatic N) is 2. The number of nitrogens with one attached hydrogen (secondary N) is 2. The van der Waals surface area contributed by atoms with Gasteiger partial charge in [-0.3, -0.25) is 10.2 Å². The highest BCUT2D eigenvalue weighted by Crippen LogP contribution is 2.45. The Balaban J connectivity index is 2.16. The summed E-state index contributed by atoms with van der Waals surface area (Å²) in [6.07, 6.45) is -0.0612. The van der Waals surface area contributed by atoms with E-state index in [4.69, 9.17) is 28.5 Å². The molecule has 0 bridgehead atoms. The van der Waals surface area contributed by atoms with Crippen LogP contribution >= 0.6 is 22.9 Å². The highest BCUT2D eigenvalue weighted by atomic mass is 35.5. The second-order valence-electron chi connectivity index (χ2n) is 6.24. The van der Waals surface area contributed by atoms with E-state index in [1.165, 1.54) is 12.1 Å². The van der Waals surface area contributed by atoms with Gasteiger partial charge in [-0.2, -0.15) is 5.26 Å². The van der Waals surface area contributed by atoms with Gasteiger partial charge < -0.3 is 16.8 Å². The predicted octanol–water partition coefficient (Wildman–Crippen LogP) is 3.08. The van der Waals surface area contributed by atoms with Gasteiger partial charge in [0.1, 0.15) is 32.9 Å². The third-order valence-electron chi connectivity index (χ3n) is 4.65. The molecule has 0 fully saturated rings. The maximum Gasteiger partial charge on any atom is 0.225 e. The van der Waals surface area contributed by atoms with E-state index in [9.17, 15) is 14.4 Å². The van der Waals surface area contributed by atoms with E-state index in [0.29, 0.717) is 10.6 Å². The maximum absolute atomic E-state index is 14.7. The average Bonchev–Trinajstić information content (AvgIpc) is 2.60. The Morgan fingerprint density at radius 3 is 2.82 bits per heavy atom. The standard InChI is InChI=1S/C18H12ClFN6OS/c19-8-2-1-3-9(20)11(8)6-4-10(27)25-18-12(6)15-13(17(24)28-18)14(22)7(5-21)16(23)26-15/h1-3,6,24H,4H2,(H,25,27)(H4,22,23,26)/t6-/m0/s1. The summed E-state index contributed by atoms with van der Waals surface area (Å²) in [6.45, 7) is 0. The van der Waals surface area contributed by atoms with Crippen LogP contribution < -0.4 is 21.5 Å². The monoisotopic (exact) mass is 414 g/mol. The number of nitrogens with two attached hydrogens (primary N) is 2. The molecule has 0 spiro atoms. The highest BCUT2D eigenvalue weighted by Gasteiger charge is 2.34. The van der Waals surface area contributed by atoms with Gasteiger partial charge in [-0.05, 0) is 12.1 Å². The molecular weight excluding hydrogens is 403 g/mol. The summed E-state index contributed by atoms with van der Waals surface area (Å²) >= 11 is 7.21. The number of hydrogen-bond acceptors (Lipinski definition) is 7. The van der Waals surface area contributed by atoms with Crippen LogP contribution in [0.2, 0.25) is 5.02 Å². The molecule has 6 N–H and O–H groups in total. The van der Waals surface area contributed by atoms with E-state index in [2.05, 4.69) is 10.3 Å². The molecule has 4 rings (SSSR count). The van der Waals surface area contributed by atoms with Crippen molar-refractivity contribution in [1.82, 2.24) is 4.98 Å². The fourth-order valence-electron chi connectivity index (χ4n) is 3.45. The molecule has 0 aliphatic carbocycles. The first kappa shape index (κ1) is 18.2. The lowest BCUT2D eigenvalue weighted by molar-refractivity contribution is -0.116. The molecule has 7 nitrogen and oxygen atoms in total. The number of carbonyl (C=O) groups excluding carboxylic acids is 1. The molecule has 2 aromatic heterocycles. The Kier molecular flexibility index (Phi) is 4.18. The van der Waals surface area contributed by atoms with Gasteiger partial charge in [0.05, 0.1) is 16.6 Å². The molecule has 28 heavy (non-hydrogen) atoms. The van der Waals surface area contributed by atoms with Crippen molar-refractivity contribution in [2.24, 2.45) is 0 Å². The van der Waals surface area contributed by atoms with E-state index in [-0.39, 0.29) is 55.6 Å². The zero-order chi connectivity index (χ0) is 20.2. The van der Waals surface area contributed by atoms with Crippen molar-refractivity contribution in [3.05, 3.63) is 50.4 Å². The molecule has 1 atom stereocenters. The third-order valence-corrected chi connectivity index (χ3v) is 5.91. The van der Waals surface area contributed by atoms with Gasteiger partial charge in [0.2, 0.25) is 5.91 Å². The van der Waals surface area contributed by atoms with E-state index >= 15 is 0 Å². The number of aromatic nitrogens is 1. The van der Waals surface area contributed by atoms with Crippen molar-refractivity contribution < 1.29 is 9.18 Å². The zero-order valence-electron chi connectivity index (χ0n) is 14.1. The third kappa shape index (κ3) is 2.58. The molecule has 3 aromatic rings. The molecule has 0 radical (unpaired) electrons. The summed E-state index contributed by atoms with van der Waals surface area (Å²) in [5.74, 6) is -1.72. The van der Waals surface area contributed by atoms with Crippen molar-refractivity contribution in [2.45, 2.75) is 12.3 Å². The van der Waals surface area contributed by atoms with Crippen LogP contribution in [0.1, 0.15) is 29.0 Å². The van der Waals surface area contributed by atoms with Crippen LogP contribution in [0.5, 0.6) is 0 Å². The topological polar surface area (TPSA) is 142 Å². The number of rotatable bonds is 1. The van der Waals surface area contributed by atoms with Crippen molar-refractivity contribution >= 4 is 56.3 Å². The first-order valence-electron chi connectivity index (χ1n) is 8.07. The molecule has 10 heteroatoms. The van der Waals surface area contributed by atoms with Crippen LogP contribution in [0.25, 0.3) is 10.9 Å². The molecule has 1 aliphatic rings. The van der Waals surface area contributed by atoms with E-state index in [1.807, 2.05) is 6.07 Å². The first-order chi connectivity index (χ1) is 13.3. The summed E-state index contributed by atoms with van der Waals surface area (Å²) < 4.78 is 14.7. The summed E-state index contributed by atoms with van der Waals surface area (Å²) in [5.41, 5.74) is 12.9. The fourth-order valence-corrected chi connectivity index (χ4v) is 4.77. The molecule has 1 aromatic carbocycles. The lowest BCUT2D eigenvalue weighted by atomic mass is 9.85. The number of halogens is 2. The molecule has 1 amide bonds. The number of anilines is 3. The summed E-state index contributed by atoms with van der Waals surface area (Å²) in [6, 6.07) is 6.18. The van der Waals surface area contributed by atoms with Crippen molar-refractivity contribution in [3.8, 4) is 6.07 Å². The smallest absolute Gasteiger partial charge is 0.225 e. The summed E-state index contributed by atoms with van der Waals surface area (Å²) in [7, 11) is 0. The van der Waals surface area contributed by atoms with Gasteiger partial charge >= 0.3 is 0 Å². The van der Waals surface area contributed by atoms with Crippen LogP contribution in [-0.2, 0) is 4.79 Å². The van der Waals surface area contributed by atoms with Crippen molar-refractivity contribution in [2.75, 3.05) is 16.8 Å². The maximum atomic E-state index is 14.7. The number of carbonyl (C=O) groups is 1. The van der Waals surface area contributed by atoms with Crippen LogP contribution in [0.3, 0.4) is 0 Å². The SMILES string of the molecule is N#Cc1c(N)nc2c3c(sc(=N)c2c1N)NC(=O)C[C@H]3c1c(F)cccc1Cl. The Morgan fingerprint density at radius 1 is 1.39 bits per heavy atom. The number of fused-ring (bicyclic) bond motifs is 3. The fraction of sp³-hybridized carbons (Fsp3) is 0.111. The van der Waals surface area contributed by atoms with Gasteiger partial charge in [0.25, 0.3) is 0 Å². The zero-order valence-corrected chi connectivity index (χ0v) is 15.7.